The van der Waals surface area contributed by atoms with E-state index >= 15 is 0 Å². The van der Waals surface area contributed by atoms with Crippen LogP contribution in [0.5, 0.6) is 0 Å². The van der Waals surface area contributed by atoms with Crippen LogP contribution in [0.3, 0.4) is 0 Å². The number of hydrogen-bond acceptors (Lipinski definition) is 7. The largest absolute Gasteiger partial charge is 0.364 e. The first-order chi connectivity index (χ1) is 14.6. The van der Waals surface area contributed by atoms with Crippen LogP contribution in [0, 0.1) is 0 Å². The molecule has 3 aromatic rings. The molecule has 0 spiro atoms. The van der Waals surface area contributed by atoms with Crippen molar-refractivity contribution in [3.05, 3.63) is 65.4 Å². The average Bonchev–Trinajstić information content (AvgIpc) is 3.18. The number of benzene rings is 1. The molecule has 0 aliphatic carbocycles. The lowest BCUT2D eigenvalue weighted by atomic mass is 9.93. The van der Waals surface area contributed by atoms with Crippen LogP contribution >= 0.6 is 0 Å². The van der Waals surface area contributed by atoms with E-state index in [-0.39, 0.29) is 29.1 Å². The van der Waals surface area contributed by atoms with E-state index in [4.69, 9.17) is 10.3 Å². The smallest absolute Gasteiger partial charge is 0.276 e. The molecule has 0 unspecified atom stereocenters. The Morgan fingerprint density at radius 3 is 2.23 bits per heavy atom. The van der Waals surface area contributed by atoms with Gasteiger partial charge in [0.15, 0.2) is 17.2 Å². The minimum absolute atomic E-state index is 0.113. The fourth-order valence-corrected chi connectivity index (χ4v) is 2.64. The van der Waals surface area contributed by atoms with E-state index in [1.807, 2.05) is 20.8 Å². The zero-order valence-electron chi connectivity index (χ0n) is 17.3. The number of nitrogens with one attached hydrogen (secondary N) is 2. The number of primary amides is 1. The molecule has 0 atom stereocenters. The van der Waals surface area contributed by atoms with Gasteiger partial charge in [-0.15, -0.1) is 0 Å². The van der Waals surface area contributed by atoms with Crippen molar-refractivity contribution in [1.29, 1.82) is 0 Å². The summed E-state index contributed by atoms with van der Waals surface area (Å²) in [7, 11) is 0. The number of nitrogens with two attached hydrogens (primary N) is 1. The standard InChI is InChI=1S/C21H22N6O4/c1-21(2,3)14-11-15(27-31-14)26-16(28)10-12-4-6-13(7-5-12)25-20(30)18-17(19(22)29)23-8-9-24-18/h4-9,11H,10H2,1-3H3,(H2,22,29)(H,25,30)(H,26,27,28). The number of rotatable bonds is 6. The summed E-state index contributed by atoms with van der Waals surface area (Å²) >= 11 is 0. The first-order valence-electron chi connectivity index (χ1n) is 9.41. The van der Waals surface area contributed by atoms with E-state index in [0.717, 1.165) is 5.56 Å². The highest BCUT2D eigenvalue weighted by Gasteiger charge is 2.21. The molecule has 0 aliphatic rings. The van der Waals surface area contributed by atoms with E-state index < -0.39 is 11.8 Å². The molecule has 31 heavy (non-hydrogen) atoms. The quantitative estimate of drug-likeness (QED) is 0.551. The van der Waals surface area contributed by atoms with Crippen LogP contribution in [0.25, 0.3) is 0 Å². The second-order valence-electron chi connectivity index (χ2n) is 7.82. The van der Waals surface area contributed by atoms with Crippen molar-refractivity contribution in [2.24, 2.45) is 5.73 Å². The third-order valence-electron chi connectivity index (χ3n) is 4.24. The summed E-state index contributed by atoms with van der Waals surface area (Å²) in [4.78, 5) is 43.7. The lowest BCUT2D eigenvalue weighted by Gasteiger charge is -2.12. The lowest BCUT2D eigenvalue weighted by molar-refractivity contribution is -0.115. The van der Waals surface area contributed by atoms with Crippen LogP contribution in [-0.4, -0.2) is 32.8 Å². The van der Waals surface area contributed by atoms with Gasteiger partial charge < -0.3 is 20.9 Å². The minimum atomic E-state index is -0.846. The Balaban J connectivity index is 1.60. The molecule has 0 bridgehead atoms. The second kappa shape index (κ2) is 8.74. The number of amides is 3. The Bertz CT molecular complexity index is 1120. The number of carbonyl (C=O) groups excluding carboxylic acids is 3. The summed E-state index contributed by atoms with van der Waals surface area (Å²) in [5.41, 5.74) is 5.82. The summed E-state index contributed by atoms with van der Waals surface area (Å²) < 4.78 is 5.25. The van der Waals surface area contributed by atoms with Crippen LogP contribution in [0.15, 0.2) is 47.2 Å². The van der Waals surface area contributed by atoms with Crippen molar-refractivity contribution in [2.45, 2.75) is 32.6 Å². The summed E-state index contributed by atoms with van der Waals surface area (Å²) in [6.45, 7) is 5.95. The highest BCUT2D eigenvalue weighted by molar-refractivity contribution is 6.09. The van der Waals surface area contributed by atoms with Crippen molar-refractivity contribution in [1.82, 2.24) is 15.1 Å². The maximum Gasteiger partial charge on any atom is 0.276 e. The monoisotopic (exact) mass is 422 g/mol. The Kier molecular flexibility index (Phi) is 6.10. The van der Waals surface area contributed by atoms with Crippen LogP contribution in [0.4, 0.5) is 11.5 Å². The van der Waals surface area contributed by atoms with Gasteiger partial charge in [0.2, 0.25) is 5.91 Å². The van der Waals surface area contributed by atoms with Gasteiger partial charge in [-0.05, 0) is 17.7 Å². The van der Waals surface area contributed by atoms with Gasteiger partial charge in [0.1, 0.15) is 5.76 Å². The summed E-state index contributed by atoms with van der Waals surface area (Å²) in [6, 6.07) is 8.36. The summed E-state index contributed by atoms with van der Waals surface area (Å²) in [6.07, 6.45) is 2.68. The molecule has 3 rings (SSSR count). The minimum Gasteiger partial charge on any atom is -0.364 e. The number of nitrogens with zero attached hydrogens (tertiary/aromatic N) is 3. The first kappa shape index (κ1) is 21.6. The van der Waals surface area contributed by atoms with Crippen LogP contribution < -0.4 is 16.4 Å². The third kappa shape index (κ3) is 5.50. The molecule has 1 aromatic carbocycles. The third-order valence-corrected chi connectivity index (χ3v) is 4.24. The van der Waals surface area contributed by atoms with E-state index in [1.165, 1.54) is 12.4 Å². The van der Waals surface area contributed by atoms with Gasteiger partial charge >= 0.3 is 0 Å². The van der Waals surface area contributed by atoms with Gasteiger partial charge in [-0.25, -0.2) is 9.97 Å². The molecule has 0 saturated carbocycles. The molecular formula is C21H22N6O4. The van der Waals surface area contributed by atoms with Crippen LogP contribution in [-0.2, 0) is 16.6 Å². The number of hydrogen-bond donors (Lipinski definition) is 3. The Morgan fingerprint density at radius 1 is 1.00 bits per heavy atom. The highest BCUT2D eigenvalue weighted by atomic mass is 16.5. The maximum absolute atomic E-state index is 12.4. The molecular weight excluding hydrogens is 400 g/mol. The Morgan fingerprint density at radius 2 is 1.65 bits per heavy atom. The van der Waals surface area contributed by atoms with Gasteiger partial charge in [-0.2, -0.15) is 0 Å². The predicted octanol–water partition coefficient (Wildman–Crippen LogP) is 2.29. The predicted molar refractivity (Wildman–Crippen MR) is 112 cm³/mol. The zero-order chi connectivity index (χ0) is 22.6. The molecule has 2 heterocycles. The van der Waals surface area contributed by atoms with Crippen molar-refractivity contribution in [3.8, 4) is 0 Å². The number of aromatic nitrogens is 3. The topological polar surface area (TPSA) is 153 Å². The highest BCUT2D eigenvalue weighted by Crippen LogP contribution is 2.24. The molecule has 0 saturated heterocycles. The average molecular weight is 422 g/mol. The molecule has 4 N–H and O–H groups in total. The fourth-order valence-electron chi connectivity index (χ4n) is 2.64. The number of anilines is 2. The van der Waals surface area contributed by atoms with Gasteiger partial charge in [-0.1, -0.05) is 38.1 Å². The molecule has 2 aromatic heterocycles. The molecule has 3 amide bonds. The summed E-state index contributed by atoms with van der Waals surface area (Å²) in [5, 5.41) is 9.17. The molecule has 160 valence electrons. The number of carbonyl (C=O) groups is 3. The van der Waals surface area contributed by atoms with Crippen LogP contribution in [0.1, 0.15) is 53.1 Å². The van der Waals surface area contributed by atoms with Crippen molar-refractivity contribution in [3.63, 3.8) is 0 Å². The lowest BCUT2D eigenvalue weighted by Crippen LogP contribution is -2.23. The van der Waals surface area contributed by atoms with Gasteiger partial charge in [-0.3, -0.25) is 14.4 Å². The van der Waals surface area contributed by atoms with E-state index in [2.05, 4.69) is 25.8 Å². The van der Waals surface area contributed by atoms with E-state index in [1.54, 1.807) is 30.3 Å². The summed E-state index contributed by atoms with van der Waals surface area (Å²) in [5.74, 6) is -0.691. The Labute approximate surface area is 178 Å². The van der Waals surface area contributed by atoms with Gasteiger partial charge in [0.05, 0.1) is 6.42 Å². The normalized spacial score (nSPS) is 11.1. The van der Waals surface area contributed by atoms with E-state index in [0.29, 0.717) is 17.3 Å². The fraction of sp³-hybridized carbons (Fsp3) is 0.238. The van der Waals surface area contributed by atoms with Crippen LogP contribution in [0.2, 0.25) is 0 Å². The Hall–Kier alpha value is -4.08. The van der Waals surface area contributed by atoms with Gasteiger partial charge in [0, 0.05) is 29.6 Å². The molecule has 0 radical (unpaired) electrons. The van der Waals surface area contributed by atoms with E-state index in [9.17, 15) is 14.4 Å². The first-order valence-corrected chi connectivity index (χ1v) is 9.41. The second-order valence-corrected chi connectivity index (χ2v) is 7.82. The van der Waals surface area contributed by atoms with Crippen molar-refractivity contribution in [2.75, 3.05) is 10.6 Å². The SMILES string of the molecule is CC(C)(C)c1cc(NC(=O)Cc2ccc(NC(=O)c3nccnc3C(N)=O)cc2)no1. The van der Waals surface area contributed by atoms with Crippen molar-refractivity contribution < 1.29 is 18.9 Å². The van der Waals surface area contributed by atoms with Crippen molar-refractivity contribution >= 4 is 29.2 Å². The maximum atomic E-state index is 12.4. The molecule has 10 nitrogen and oxygen atoms in total. The van der Waals surface area contributed by atoms with Gasteiger partial charge in [0.25, 0.3) is 11.8 Å². The molecule has 0 fully saturated rings. The molecule has 0 aliphatic heterocycles. The zero-order valence-corrected chi connectivity index (χ0v) is 17.3. The molecule has 10 heteroatoms.